The number of rotatable bonds is 29. The third-order valence-corrected chi connectivity index (χ3v) is 17.2. The van der Waals surface area contributed by atoms with E-state index in [1.54, 1.807) is 33.9 Å². The number of imidazole rings is 2. The summed E-state index contributed by atoms with van der Waals surface area (Å²) in [6, 6.07) is -1.52. The van der Waals surface area contributed by atoms with Crippen molar-refractivity contribution in [3.8, 4) is 0 Å². The van der Waals surface area contributed by atoms with Crippen molar-refractivity contribution in [2.24, 2.45) is 0 Å². The Bertz CT molecular complexity index is 2950. The van der Waals surface area contributed by atoms with Crippen LogP contribution in [0.4, 0.5) is 9.59 Å². The molecule has 0 radical (unpaired) electrons. The van der Waals surface area contributed by atoms with E-state index in [4.69, 9.17) is 4.74 Å². The van der Waals surface area contributed by atoms with Gasteiger partial charge in [0.2, 0.25) is 0 Å². The molecule has 2 aromatic rings. The van der Waals surface area contributed by atoms with Crippen LogP contribution in [0.15, 0.2) is 37.4 Å². The van der Waals surface area contributed by atoms with Crippen LogP contribution in [0.5, 0.6) is 0 Å². The van der Waals surface area contributed by atoms with E-state index >= 15 is 0 Å². The van der Waals surface area contributed by atoms with Gasteiger partial charge in [-0.2, -0.15) is 0 Å². The lowest BCUT2D eigenvalue weighted by Crippen LogP contribution is -2.55. The van der Waals surface area contributed by atoms with E-state index in [0.29, 0.717) is 151 Å². The Kier molecular flexibility index (Phi) is 43.1. The summed E-state index contributed by atoms with van der Waals surface area (Å²) in [4.78, 5) is 212. The van der Waals surface area contributed by atoms with Crippen LogP contribution in [-0.4, -0.2) is 413 Å². The van der Waals surface area contributed by atoms with Gasteiger partial charge in [-0.3, -0.25) is 121 Å². The Morgan fingerprint density at radius 2 is 0.596 bits per heavy atom. The van der Waals surface area contributed by atoms with E-state index in [-0.39, 0.29) is 166 Å². The Morgan fingerprint density at radius 3 is 0.904 bits per heavy atom. The lowest BCUT2D eigenvalue weighted by molar-refractivity contribution is -0.123. The molecule has 2 aromatic heterocycles. The highest BCUT2D eigenvalue weighted by Crippen LogP contribution is 2.13. The Hall–Kier alpha value is -7.41. The van der Waals surface area contributed by atoms with Crippen molar-refractivity contribution in [3.05, 3.63) is 37.4 Å². The topological polar surface area (TPSA) is 352 Å². The lowest BCUT2D eigenvalue weighted by Gasteiger charge is -2.38. The van der Waals surface area contributed by atoms with Crippen molar-refractivity contribution < 1.29 is 76.7 Å². The minimum absolute atomic E-state index is 0.00255. The van der Waals surface area contributed by atoms with Crippen LogP contribution in [0.2, 0.25) is 0 Å². The molecule has 0 spiro atoms. The first kappa shape index (κ1) is 90.8. The van der Waals surface area contributed by atoms with Gasteiger partial charge in [-0.15, -0.1) is 0 Å². The van der Waals surface area contributed by atoms with Crippen molar-refractivity contribution in [2.45, 2.75) is 101 Å². The van der Waals surface area contributed by atoms with Gasteiger partial charge in [0.25, 0.3) is 0 Å². The number of carbonyl (C=O) groups is 15. The van der Waals surface area contributed by atoms with Crippen LogP contribution in [0.25, 0.3) is 0 Å². The molecule has 104 heavy (non-hydrogen) atoms. The third-order valence-electron chi connectivity index (χ3n) is 17.2. The number of aromatic nitrogens is 4. The maximum atomic E-state index is 12.6. The average molecular weight is 1460 g/mol. The van der Waals surface area contributed by atoms with E-state index in [1.165, 1.54) is 95.8 Å². The third kappa shape index (κ3) is 40.2. The van der Waals surface area contributed by atoms with Crippen molar-refractivity contribution in [1.82, 2.24) is 83.2 Å². The van der Waals surface area contributed by atoms with Crippen molar-refractivity contribution in [3.63, 3.8) is 0 Å². The maximum absolute atomic E-state index is 12.6. The van der Waals surface area contributed by atoms with E-state index in [9.17, 15) is 71.9 Å². The first-order valence-corrected chi connectivity index (χ1v) is 35.7. The van der Waals surface area contributed by atoms with Gasteiger partial charge in [0.05, 0.1) is 90.6 Å². The molecule has 3 fully saturated rings. The summed E-state index contributed by atoms with van der Waals surface area (Å²) in [5.41, 5.74) is 0. The van der Waals surface area contributed by atoms with Crippen LogP contribution < -0.4 is 5.32 Å². The second-order valence-corrected chi connectivity index (χ2v) is 27.9. The summed E-state index contributed by atoms with van der Waals surface area (Å²) in [5.74, 6) is 0.160. The summed E-state index contributed by atoms with van der Waals surface area (Å²) < 4.78 is 8.15. The predicted molar refractivity (Wildman–Crippen MR) is 388 cm³/mol. The molecule has 0 aliphatic carbocycles. The van der Waals surface area contributed by atoms with E-state index in [1.807, 2.05) is 58.8 Å². The summed E-state index contributed by atoms with van der Waals surface area (Å²) >= 11 is 0. The van der Waals surface area contributed by atoms with Crippen LogP contribution >= 0.6 is 0 Å². The van der Waals surface area contributed by atoms with Crippen LogP contribution in [-0.2, 0) is 67.1 Å². The molecular weight excluding hydrogens is 1350 g/mol. The molecule has 1 amide bonds. The fourth-order valence-corrected chi connectivity index (χ4v) is 12.6. The van der Waals surface area contributed by atoms with Crippen LogP contribution in [0.1, 0.15) is 83.1 Å². The van der Waals surface area contributed by atoms with Gasteiger partial charge >= 0.3 is 12.1 Å². The lowest BCUT2D eigenvalue weighted by atomic mass is 10.1. The van der Waals surface area contributed by atoms with Crippen molar-refractivity contribution in [1.29, 1.82) is 0 Å². The molecule has 582 valence electrons. The molecule has 5 heterocycles. The highest BCUT2D eigenvalue weighted by molar-refractivity contribution is 5.82. The van der Waals surface area contributed by atoms with Gasteiger partial charge in [-0.05, 0) is 83.1 Å². The molecule has 0 aromatic carbocycles. The molecule has 3 aliphatic rings. The van der Waals surface area contributed by atoms with E-state index in [2.05, 4.69) is 15.3 Å². The Labute approximate surface area is 613 Å². The van der Waals surface area contributed by atoms with Gasteiger partial charge < -0.3 is 14.8 Å². The molecular formula is C71H117N17O16. The van der Waals surface area contributed by atoms with Crippen molar-refractivity contribution in [2.75, 3.05) is 229 Å². The Balaban J connectivity index is 0.000000408. The number of ketones is 12. The van der Waals surface area contributed by atoms with Crippen LogP contribution in [0.3, 0.4) is 0 Å². The fraction of sp³-hybridized carbons (Fsp3) is 0.704. The summed E-state index contributed by atoms with van der Waals surface area (Å²) in [6.07, 6.45) is 9.03. The number of hydrogen-bond acceptors (Lipinski definition) is 30. The zero-order valence-corrected chi connectivity index (χ0v) is 63.7. The summed E-state index contributed by atoms with van der Waals surface area (Å²) in [6.45, 7) is 32.4. The summed E-state index contributed by atoms with van der Waals surface area (Å²) in [7, 11) is 0. The molecule has 33 heteroatoms. The fourth-order valence-electron chi connectivity index (χ4n) is 12.6. The van der Waals surface area contributed by atoms with Gasteiger partial charge in [-0.1, -0.05) is 0 Å². The van der Waals surface area contributed by atoms with Crippen LogP contribution in [0, 0.1) is 0 Å². The molecule has 5 rings (SSSR count). The van der Waals surface area contributed by atoms with E-state index < -0.39 is 12.1 Å². The zero-order chi connectivity index (χ0) is 77.4. The van der Waals surface area contributed by atoms with Gasteiger partial charge in [0.1, 0.15) is 94.9 Å². The molecule has 3 atom stereocenters. The average Bonchev–Trinajstić information content (AvgIpc) is 1.41. The molecule has 3 unspecified atom stereocenters. The first-order chi connectivity index (χ1) is 49.2. The number of ether oxygens (including phenoxy) is 1. The molecule has 33 nitrogen and oxygen atoms in total. The molecule has 0 bridgehead atoms. The highest BCUT2D eigenvalue weighted by Gasteiger charge is 2.31. The number of aldehydes is 1. The second kappa shape index (κ2) is 49.4. The highest BCUT2D eigenvalue weighted by atomic mass is 16.6. The molecule has 3 saturated heterocycles. The quantitative estimate of drug-likeness (QED) is 0.0890. The van der Waals surface area contributed by atoms with Crippen molar-refractivity contribution >= 4 is 87.8 Å². The molecule has 1 N–H and O–H groups in total. The predicted octanol–water partition coefficient (Wildman–Crippen LogP) is -1.67. The Morgan fingerprint density at radius 1 is 0.337 bits per heavy atom. The zero-order valence-electron chi connectivity index (χ0n) is 63.7. The molecule has 3 aliphatic heterocycles. The minimum atomic E-state index is -0.588. The normalized spacial score (nSPS) is 20.1. The van der Waals surface area contributed by atoms with E-state index in [0.717, 1.165) is 6.29 Å². The monoisotopic (exact) mass is 1460 g/mol. The minimum Gasteiger partial charge on any atom is -0.447 e. The largest absolute Gasteiger partial charge is 0.447 e. The second-order valence-electron chi connectivity index (χ2n) is 27.9. The maximum Gasteiger partial charge on any atom is 0.419 e. The number of amides is 1. The van der Waals surface area contributed by atoms with Gasteiger partial charge in [-0.25, -0.2) is 24.1 Å². The number of Topliss-reactive ketones (excluding diaryl/α,β-unsaturated/α-hetero) is 12. The number of nitrogens with zero attached hydrogens (tertiary/aromatic N) is 16. The standard InChI is InChI=1S/C25H41N7O5.C25H40N6O6.C21H36N4O5/c1-20(33)14-28-7-8-29(15-21(2)34)11-12-31(17-23(4)36)24(18-30(10-9-28)16-22(3)35)13-27-25(37)32-6-5-26-19-32;1-20(32)13-27-7-8-28(14-21(2)33)11-12-30(16-23(4)35)24(17-29(10-9-27)15-22(3)34)18-37-25(36)31-6-5-26-19-31;1-17(27)11-22-5-6-23(12-18(2)28)9-10-25(14-20(4)30)21(16-26)15-24(8-7-22)13-19(3)29/h5-6,19,24H,7-18H2,1-4H3,(H,27,37);5-6,19,24H,7-18H2,1-4H3;16,21H,5-15H2,1-4H3. The van der Waals surface area contributed by atoms with Gasteiger partial charge in [0, 0.05) is 175 Å². The SMILES string of the molecule is CC(=O)CN1CCN(CC(C)=O)CCN(CC(C)=O)C(C=O)CN(CC(C)=O)CC1.CC(=O)CN1CCN(CC(C)=O)CCN(CC(C)=O)C(CNC(=O)n2ccnc2)CN(CC(C)=O)CC1.CC(=O)CN1CCN(CC(C)=O)CCN(CC(C)=O)C(COC(=O)n2ccnc2)CN(CC(C)=O)CC1. The summed E-state index contributed by atoms with van der Waals surface area (Å²) in [5, 5.41) is 2.92. The molecule has 0 saturated carbocycles. The number of hydrogen-bond donors (Lipinski definition) is 1. The number of nitrogens with one attached hydrogen (secondary N) is 1. The smallest absolute Gasteiger partial charge is 0.419 e. The van der Waals surface area contributed by atoms with Gasteiger partial charge in [0.15, 0.2) is 0 Å². The first-order valence-electron chi connectivity index (χ1n) is 35.7. The number of carbonyl (C=O) groups excluding carboxylic acids is 15.